The number of benzene rings is 1. The minimum atomic E-state index is -0.741. The van der Waals surface area contributed by atoms with Crippen LogP contribution in [0.15, 0.2) is 42.7 Å². The van der Waals surface area contributed by atoms with Crippen LogP contribution in [-0.2, 0) is 0 Å². The summed E-state index contributed by atoms with van der Waals surface area (Å²) in [6.07, 6.45) is 3.58. The van der Waals surface area contributed by atoms with Gasteiger partial charge in [-0.15, -0.1) is 0 Å². The van der Waals surface area contributed by atoms with Gasteiger partial charge in [0.25, 0.3) is 5.91 Å². The predicted molar refractivity (Wildman–Crippen MR) is 111 cm³/mol. The molecule has 1 aromatic carbocycles. The van der Waals surface area contributed by atoms with Gasteiger partial charge < -0.3 is 19.6 Å². The summed E-state index contributed by atoms with van der Waals surface area (Å²) in [4.78, 5) is 27.0. The molecule has 30 heavy (non-hydrogen) atoms. The van der Waals surface area contributed by atoms with Crippen molar-refractivity contribution < 1.29 is 9.90 Å². The molecule has 3 aromatic heterocycles. The molecule has 2 N–H and O–H groups in total. The zero-order valence-corrected chi connectivity index (χ0v) is 16.4. The van der Waals surface area contributed by atoms with Gasteiger partial charge in [-0.2, -0.15) is 5.26 Å². The third-order valence-electron chi connectivity index (χ3n) is 5.71. The smallest absolute Gasteiger partial charge is 0.253 e. The number of pyridine rings is 1. The number of likely N-dealkylation sites (tertiary alicyclic amines) is 1. The van der Waals surface area contributed by atoms with E-state index in [-0.39, 0.29) is 11.9 Å². The second-order valence-corrected chi connectivity index (χ2v) is 7.63. The van der Waals surface area contributed by atoms with Crippen molar-refractivity contribution in [1.29, 1.82) is 5.26 Å². The Morgan fingerprint density at radius 2 is 2.13 bits per heavy atom. The van der Waals surface area contributed by atoms with Crippen LogP contribution in [0.3, 0.4) is 0 Å². The van der Waals surface area contributed by atoms with Crippen molar-refractivity contribution in [1.82, 2.24) is 24.4 Å². The van der Waals surface area contributed by atoms with Crippen molar-refractivity contribution in [3.8, 4) is 6.07 Å². The third kappa shape index (κ3) is 2.83. The number of nitrogens with zero attached hydrogens (tertiary/aromatic N) is 5. The number of nitriles is 1. The third-order valence-corrected chi connectivity index (χ3v) is 5.71. The Morgan fingerprint density at radius 3 is 2.87 bits per heavy atom. The second kappa shape index (κ2) is 6.97. The molecule has 0 aliphatic carbocycles. The monoisotopic (exact) mass is 400 g/mol. The predicted octanol–water partition coefficient (Wildman–Crippen LogP) is 2.92. The number of aromatic amines is 1. The molecule has 0 bridgehead atoms. The number of fused-ring (bicyclic) bond motifs is 3. The largest absolute Gasteiger partial charge is 0.385 e. The molecule has 5 rings (SSSR count). The topological polar surface area (TPSA) is 111 Å². The molecule has 0 radical (unpaired) electrons. The lowest BCUT2D eigenvalue weighted by molar-refractivity contribution is 0.0787. The Morgan fingerprint density at radius 1 is 1.33 bits per heavy atom. The van der Waals surface area contributed by atoms with Gasteiger partial charge >= 0.3 is 0 Å². The Hall–Kier alpha value is -3.70. The summed E-state index contributed by atoms with van der Waals surface area (Å²) in [5, 5.41) is 20.3. The van der Waals surface area contributed by atoms with Crippen LogP contribution in [0.25, 0.3) is 22.1 Å². The summed E-state index contributed by atoms with van der Waals surface area (Å²) in [6, 6.07) is 10.7. The fraction of sp³-hybridized carbons (Fsp3) is 0.273. The first-order valence-electron chi connectivity index (χ1n) is 9.88. The van der Waals surface area contributed by atoms with Crippen molar-refractivity contribution in [3.05, 3.63) is 59.7 Å². The fourth-order valence-electron chi connectivity index (χ4n) is 4.28. The number of hydrogen-bond donors (Lipinski definition) is 2. The Bertz CT molecular complexity index is 1300. The molecule has 0 spiro atoms. The fourth-order valence-corrected chi connectivity index (χ4v) is 4.28. The van der Waals surface area contributed by atoms with E-state index in [1.54, 1.807) is 37.4 Å². The van der Waals surface area contributed by atoms with E-state index in [0.29, 0.717) is 30.0 Å². The van der Waals surface area contributed by atoms with E-state index in [0.717, 1.165) is 28.5 Å². The lowest BCUT2D eigenvalue weighted by Gasteiger charge is -2.20. The molecule has 1 aliphatic rings. The number of carbonyl (C=O) groups excluding carboxylic acids is 1. The van der Waals surface area contributed by atoms with Gasteiger partial charge in [-0.25, -0.2) is 9.97 Å². The lowest BCUT2D eigenvalue weighted by atomic mass is 10.1. The van der Waals surface area contributed by atoms with Gasteiger partial charge in [0.2, 0.25) is 0 Å². The molecule has 4 aromatic rings. The Labute approximate surface area is 172 Å². The number of aliphatic hydroxyl groups excluding tert-OH is 1. The van der Waals surface area contributed by atoms with Gasteiger partial charge in [0.15, 0.2) is 0 Å². The molecule has 0 saturated carbocycles. The highest BCUT2D eigenvalue weighted by Gasteiger charge is 2.32. The minimum Gasteiger partial charge on any atom is -0.385 e. The highest BCUT2D eigenvalue weighted by atomic mass is 16.3. The van der Waals surface area contributed by atoms with Crippen LogP contribution >= 0.6 is 0 Å². The first-order chi connectivity index (χ1) is 14.6. The van der Waals surface area contributed by atoms with Crippen molar-refractivity contribution in [2.45, 2.75) is 25.5 Å². The Kier molecular flexibility index (Phi) is 4.26. The number of carbonyl (C=O) groups is 1. The van der Waals surface area contributed by atoms with Crippen LogP contribution in [0.4, 0.5) is 0 Å². The number of rotatable bonds is 3. The maximum absolute atomic E-state index is 13.0. The van der Waals surface area contributed by atoms with Gasteiger partial charge in [-0.05, 0) is 43.7 Å². The number of aliphatic hydroxyl groups is 1. The first kappa shape index (κ1) is 18.3. The maximum atomic E-state index is 13.0. The summed E-state index contributed by atoms with van der Waals surface area (Å²) in [6.45, 7) is 2.84. The molecule has 8 nitrogen and oxygen atoms in total. The molecule has 2 atom stereocenters. The summed E-state index contributed by atoms with van der Waals surface area (Å²) in [5.74, 6) is 0.525. The quantitative estimate of drug-likeness (QED) is 0.549. The summed E-state index contributed by atoms with van der Waals surface area (Å²) < 4.78 is 2.07. The van der Waals surface area contributed by atoms with E-state index < -0.39 is 6.10 Å². The summed E-state index contributed by atoms with van der Waals surface area (Å²) in [5.41, 5.74) is 3.52. The average Bonchev–Trinajstić information content (AvgIpc) is 3.49. The highest BCUT2D eigenvalue weighted by molar-refractivity contribution is 6.01. The molecule has 2 unspecified atom stereocenters. The van der Waals surface area contributed by atoms with Gasteiger partial charge in [0.05, 0.1) is 29.4 Å². The van der Waals surface area contributed by atoms with Crippen LogP contribution < -0.4 is 0 Å². The number of hydrogen-bond acceptors (Lipinski definition) is 5. The molecular weight excluding hydrogens is 380 g/mol. The zero-order chi connectivity index (χ0) is 20.8. The molecule has 4 heterocycles. The molecule has 1 fully saturated rings. The van der Waals surface area contributed by atoms with Gasteiger partial charge in [0, 0.05) is 30.2 Å². The first-order valence-corrected chi connectivity index (χ1v) is 9.88. The number of amides is 1. The highest BCUT2D eigenvalue weighted by Crippen LogP contribution is 2.34. The maximum Gasteiger partial charge on any atom is 0.253 e. The SMILES string of the molecule is CC(O)c1nc2cnc3[nH]ccc3c2n1C1CCN(C(=O)c2ccc(C#N)cc2)C1. The average molecular weight is 400 g/mol. The lowest BCUT2D eigenvalue weighted by Crippen LogP contribution is -2.29. The van der Waals surface area contributed by atoms with E-state index in [1.165, 1.54) is 0 Å². The van der Waals surface area contributed by atoms with Gasteiger partial charge in [0.1, 0.15) is 23.1 Å². The minimum absolute atomic E-state index is 0.00225. The van der Waals surface area contributed by atoms with E-state index in [9.17, 15) is 9.90 Å². The number of imidazole rings is 1. The van der Waals surface area contributed by atoms with Gasteiger partial charge in [-0.3, -0.25) is 4.79 Å². The van der Waals surface area contributed by atoms with E-state index in [4.69, 9.17) is 5.26 Å². The molecule has 150 valence electrons. The molecular formula is C22H20N6O2. The molecule has 1 aliphatic heterocycles. The van der Waals surface area contributed by atoms with Crippen LogP contribution in [0.1, 0.15) is 47.2 Å². The molecule has 1 saturated heterocycles. The zero-order valence-electron chi connectivity index (χ0n) is 16.4. The summed E-state index contributed by atoms with van der Waals surface area (Å²) >= 11 is 0. The van der Waals surface area contributed by atoms with E-state index in [1.807, 2.05) is 17.2 Å². The van der Waals surface area contributed by atoms with Crippen molar-refractivity contribution in [2.24, 2.45) is 0 Å². The van der Waals surface area contributed by atoms with Crippen LogP contribution in [0, 0.1) is 11.3 Å². The van der Waals surface area contributed by atoms with Crippen LogP contribution in [0.5, 0.6) is 0 Å². The number of aromatic nitrogens is 4. The number of H-pyrrole nitrogens is 1. The van der Waals surface area contributed by atoms with E-state index >= 15 is 0 Å². The summed E-state index contributed by atoms with van der Waals surface area (Å²) in [7, 11) is 0. The number of nitrogens with one attached hydrogen (secondary N) is 1. The normalized spacial score (nSPS) is 17.5. The van der Waals surface area contributed by atoms with E-state index in [2.05, 4.69) is 25.6 Å². The standard InChI is InChI=1S/C22H20N6O2/c1-13(29)21-26-18-11-25-20-17(6-8-24-20)19(18)28(21)16-7-9-27(12-16)22(30)15-4-2-14(10-23)3-5-15/h2-6,8,11,13,16,29H,7,9,12H2,1H3,(H,24,25). The van der Waals surface area contributed by atoms with Crippen molar-refractivity contribution in [2.75, 3.05) is 13.1 Å². The van der Waals surface area contributed by atoms with Crippen molar-refractivity contribution >= 4 is 28.0 Å². The second-order valence-electron chi connectivity index (χ2n) is 7.63. The molecule has 8 heteroatoms. The van der Waals surface area contributed by atoms with Crippen LogP contribution in [0.2, 0.25) is 0 Å². The van der Waals surface area contributed by atoms with Gasteiger partial charge in [-0.1, -0.05) is 0 Å². The molecule has 1 amide bonds. The van der Waals surface area contributed by atoms with Crippen LogP contribution in [-0.4, -0.2) is 48.5 Å². The van der Waals surface area contributed by atoms with Crippen molar-refractivity contribution in [3.63, 3.8) is 0 Å². The Balaban J connectivity index is 1.52.